The molecule has 1 aromatic heterocycles. The summed E-state index contributed by atoms with van der Waals surface area (Å²) in [7, 11) is 0. The van der Waals surface area contributed by atoms with E-state index in [1.165, 1.54) is 28.0 Å². The molecule has 0 atom stereocenters. The predicted octanol–water partition coefficient (Wildman–Crippen LogP) is 2.80. The molecule has 29 heavy (non-hydrogen) atoms. The van der Waals surface area contributed by atoms with E-state index in [2.05, 4.69) is 28.1 Å². The van der Waals surface area contributed by atoms with Crippen molar-refractivity contribution in [3.8, 4) is 11.1 Å². The highest BCUT2D eigenvalue weighted by Gasteiger charge is 2.18. The summed E-state index contributed by atoms with van der Waals surface area (Å²) < 4.78 is 0. The summed E-state index contributed by atoms with van der Waals surface area (Å²) in [6.07, 6.45) is 0.896. The molecule has 0 aliphatic heterocycles. The van der Waals surface area contributed by atoms with Crippen LogP contribution in [0.5, 0.6) is 0 Å². The number of thiophene rings is 1. The second kappa shape index (κ2) is 8.28. The maximum atomic E-state index is 12.2. The Morgan fingerprint density at radius 1 is 0.828 bits per heavy atom. The number of fused-ring (bicyclic) bond motifs is 3. The molecule has 0 spiro atoms. The van der Waals surface area contributed by atoms with Crippen molar-refractivity contribution in [2.24, 2.45) is 0 Å². The molecular formula is C22H19N3O3S. The third kappa shape index (κ3) is 4.35. The van der Waals surface area contributed by atoms with Crippen LogP contribution in [0.2, 0.25) is 0 Å². The van der Waals surface area contributed by atoms with Gasteiger partial charge in [-0.15, -0.1) is 11.3 Å². The number of hydrogen-bond donors (Lipinski definition) is 3. The van der Waals surface area contributed by atoms with Crippen LogP contribution < -0.4 is 16.0 Å². The fraction of sp³-hybridized carbons (Fsp3) is 0.136. The maximum Gasteiger partial charge on any atom is 0.261 e. The molecule has 146 valence electrons. The molecule has 1 heterocycles. The van der Waals surface area contributed by atoms with Crippen LogP contribution in [0, 0.1) is 0 Å². The van der Waals surface area contributed by atoms with Crippen LogP contribution in [-0.2, 0) is 16.0 Å². The van der Waals surface area contributed by atoms with Crippen molar-refractivity contribution in [2.75, 3.05) is 18.4 Å². The molecule has 0 saturated carbocycles. The van der Waals surface area contributed by atoms with Gasteiger partial charge in [0.1, 0.15) is 0 Å². The predicted molar refractivity (Wildman–Crippen MR) is 113 cm³/mol. The van der Waals surface area contributed by atoms with E-state index in [1.807, 2.05) is 30.3 Å². The Balaban J connectivity index is 1.27. The molecule has 0 unspecified atom stereocenters. The first-order valence-corrected chi connectivity index (χ1v) is 10.1. The molecule has 7 heteroatoms. The van der Waals surface area contributed by atoms with E-state index in [9.17, 15) is 14.4 Å². The summed E-state index contributed by atoms with van der Waals surface area (Å²) in [4.78, 5) is 36.4. The van der Waals surface area contributed by atoms with Crippen molar-refractivity contribution in [1.82, 2.24) is 10.6 Å². The van der Waals surface area contributed by atoms with Gasteiger partial charge in [0.05, 0.1) is 18.0 Å². The molecule has 2 aromatic carbocycles. The lowest BCUT2D eigenvalue weighted by Crippen LogP contribution is -2.40. The lowest BCUT2D eigenvalue weighted by atomic mass is 10.1. The number of nitrogens with one attached hydrogen (secondary N) is 3. The number of carbonyl (C=O) groups is 3. The summed E-state index contributed by atoms with van der Waals surface area (Å²) in [5, 5.41) is 9.63. The molecule has 0 radical (unpaired) electrons. The largest absolute Gasteiger partial charge is 0.345 e. The Bertz CT molecular complexity index is 1080. The van der Waals surface area contributed by atoms with Crippen LogP contribution in [0.4, 0.5) is 5.69 Å². The van der Waals surface area contributed by atoms with E-state index in [-0.39, 0.29) is 24.9 Å². The second-order valence-corrected chi connectivity index (χ2v) is 7.64. The molecule has 3 aromatic rings. The van der Waals surface area contributed by atoms with Gasteiger partial charge >= 0.3 is 0 Å². The van der Waals surface area contributed by atoms with Crippen molar-refractivity contribution in [3.63, 3.8) is 0 Å². The van der Waals surface area contributed by atoms with Crippen LogP contribution in [0.25, 0.3) is 11.1 Å². The van der Waals surface area contributed by atoms with Crippen LogP contribution in [0.3, 0.4) is 0 Å². The highest BCUT2D eigenvalue weighted by atomic mass is 32.1. The normalized spacial score (nSPS) is 11.3. The first-order chi connectivity index (χ1) is 14.1. The van der Waals surface area contributed by atoms with Gasteiger partial charge in [0.15, 0.2) is 0 Å². The SMILES string of the molecule is O=C(CNC(=O)c1cccs1)NCC(=O)Nc1ccc2c(c1)-c1ccccc1C2. The summed E-state index contributed by atoms with van der Waals surface area (Å²) in [6, 6.07) is 17.5. The minimum atomic E-state index is -0.423. The van der Waals surface area contributed by atoms with E-state index in [4.69, 9.17) is 0 Å². The summed E-state index contributed by atoms with van der Waals surface area (Å²) in [5.41, 5.74) is 5.51. The Morgan fingerprint density at radius 3 is 2.45 bits per heavy atom. The number of carbonyl (C=O) groups excluding carboxylic acids is 3. The van der Waals surface area contributed by atoms with Crippen LogP contribution in [0.1, 0.15) is 20.8 Å². The summed E-state index contributed by atoms with van der Waals surface area (Å²) in [6.45, 7) is -0.346. The monoisotopic (exact) mass is 405 g/mol. The molecule has 3 amide bonds. The average molecular weight is 405 g/mol. The lowest BCUT2D eigenvalue weighted by Gasteiger charge is -2.09. The van der Waals surface area contributed by atoms with Gasteiger partial charge in [0.25, 0.3) is 5.91 Å². The van der Waals surface area contributed by atoms with Gasteiger partial charge in [0.2, 0.25) is 11.8 Å². The molecule has 1 aliphatic rings. The summed E-state index contributed by atoms with van der Waals surface area (Å²) >= 11 is 1.30. The van der Waals surface area contributed by atoms with E-state index in [1.54, 1.807) is 17.5 Å². The van der Waals surface area contributed by atoms with Crippen molar-refractivity contribution in [3.05, 3.63) is 76.0 Å². The van der Waals surface area contributed by atoms with Crippen molar-refractivity contribution in [2.45, 2.75) is 6.42 Å². The van der Waals surface area contributed by atoms with E-state index in [0.717, 1.165) is 12.0 Å². The minimum absolute atomic E-state index is 0.165. The topological polar surface area (TPSA) is 87.3 Å². The zero-order chi connectivity index (χ0) is 20.2. The first-order valence-electron chi connectivity index (χ1n) is 9.19. The molecule has 3 N–H and O–H groups in total. The van der Waals surface area contributed by atoms with Gasteiger partial charge in [-0.3, -0.25) is 14.4 Å². The number of rotatable bonds is 6. The van der Waals surface area contributed by atoms with Gasteiger partial charge in [-0.05, 0) is 52.3 Å². The van der Waals surface area contributed by atoms with Gasteiger partial charge in [0, 0.05) is 5.69 Å². The zero-order valence-corrected chi connectivity index (χ0v) is 16.3. The number of anilines is 1. The molecule has 4 rings (SSSR count). The highest BCUT2D eigenvalue weighted by molar-refractivity contribution is 7.12. The van der Waals surface area contributed by atoms with Gasteiger partial charge < -0.3 is 16.0 Å². The Kier molecular flexibility index (Phi) is 5.39. The Hall–Kier alpha value is -3.45. The quantitative estimate of drug-likeness (QED) is 0.461. The molecule has 6 nitrogen and oxygen atoms in total. The van der Waals surface area contributed by atoms with Crippen LogP contribution >= 0.6 is 11.3 Å². The molecule has 0 bridgehead atoms. The zero-order valence-electron chi connectivity index (χ0n) is 15.5. The Labute approximate surface area is 172 Å². The molecule has 0 fully saturated rings. The maximum absolute atomic E-state index is 12.2. The van der Waals surface area contributed by atoms with Gasteiger partial charge in [-0.1, -0.05) is 36.4 Å². The lowest BCUT2D eigenvalue weighted by molar-refractivity contribution is -0.123. The van der Waals surface area contributed by atoms with Crippen molar-refractivity contribution in [1.29, 1.82) is 0 Å². The number of amides is 3. The van der Waals surface area contributed by atoms with E-state index < -0.39 is 5.91 Å². The smallest absolute Gasteiger partial charge is 0.261 e. The standard InChI is InChI=1S/C22H19N3O3S/c26-20(12-24-22(28)19-6-3-9-29-19)23-13-21(27)25-16-8-7-15-10-14-4-1-2-5-17(14)18(15)11-16/h1-9,11H,10,12-13H2,(H,23,26)(H,24,28)(H,25,27). The fourth-order valence-corrected chi connectivity index (χ4v) is 3.94. The summed E-state index contributed by atoms with van der Waals surface area (Å²) in [5.74, 6) is -1.06. The molecule has 0 saturated heterocycles. The second-order valence-electron chi connectivity index (χ2n) is 6.69. The van der Waals surface area contributed by atoms with Gasteiger partial charge in [-0.25, -0.2) is 0 Å². The van der Waals surface area contributed by atoms with Crippen molar-refractivity contribution >= 4 is 34.7 Å². The minimum Gasteiger partial charge on any atom is -0.345 e. The molecular weight excluding hydrogens is 386 g/mol. The Morgan fingerprint density at radius 2 is 1.62 bits per heavy atom. The number of hydrogen-bond acceptors (Lipinski definition) is 4. The average Bonchev–Trinajstić information content (AvgIpc) is 3.38. The highest BCUT2D eigenvalue weighted by Crippen LogP contribution is 2.37. The van der Waals surface area contributed by atoms with E-state index in [0.29, 0.717) is 10.6 Å². The van der Waals surface area contributed by atoms with Gasteiger partial charge in [-0.2, -0.15) is 0 Å². The third-order valence-corrected chi connectivity index (χ3v) is 5.55. The van der Waals surface area contributed by atoms with Crippen molar-refractivity contribution < 1.29 is 14.4 Å². The van der Waals surface area contributed by atoms with Crippen LogP contribution in [-0.4, -0.2) is 30.8 Å². The first kappa shape index (κ1) is 18.9. The number of benzene rings is 2. The third-order valence-electron chi connectivity index (χ3n) is 4.68. The fourth-order valence-electron chi connectivity index (χ4n) is 3.30. The van der Waals surface area contributed by atoms with E-state index >= 15 is 0 Å². The molecule has 1 aliphatic carbocycles. The van der Waals surface area contributed by atoms with Crippen LogP contribution in [0.15, 0.2) is 60.0 Å².